The largest absolute Gasteiger partial charge is 0.383 e. The first-order valence-electron chi connectivity index (χ1n) is 10.3. The third-order valence-corrected chi connectivity index (χ3v) is 4.98. The number of carbonyl (C=O) groups excluding carboxylic acids is 3. The first kappa shape index (κ1) is 22.3. The van der Waals surface area contributed by atoms with Gasteiger partial charge in [-0.25, -0.2) is 0 Å². The van der Waals surface area contributed by atoms with Gasteiger partial charge in [0, 0.05) is 42.2 Å². The van der Waals surface area contributed by atoms with Crippen molar-refractivity contribution in [3.63, 3.8) is 0 Å². The lowest BCUT2D eigenvalue weighted by molar-refractivity contribution is -0.117. The topological polar surface area (TPSA) is 109 Å². The fourth-order valence-corrected chi connectivity index (χ4v) is 3.00. The number of anilines is 3. The Bertz CT molecular complexity index is 956. The summed E-state index contributed by atoms with van der Waals surface area (Å²) in [5.74, 6) is -0.298. The molecule has 8 nitrogen and oxygen atoms in total. The van der Waals surface area contributed by atoms with Gasteiger partial charge in [0.2, 0.25) is 11.8 Å². The summed E-state index contributed by atoms with van der Waals surface area (Å²) in [6.45, 7) is 2.76. The van der Waals surface area contributed by atoms with Gasteiger partial charge in [0.05, 0.1) is 13.2 Å². The molecule has 0 unspecified atom stereocenters. The minimum absolute atomic E-state index is 0.0272. The molecule has 0 heterocycles. The van der Waals surface area contributed by atoms with Crippen LogP contribution in [0, 0.1) is 12.8 Å². The number of carbonyl (C=O) groups is 3. The number of methoxy groups -OCH3 is 1. The molecule has 0 bridgehead atoms. The average Bonchev–Trinajstić information content (AvgIpc) is 3.61. The van der Waals surface area contributed by atoms with Crippen molar-refractivity contribution in [2.24, 2.45) is 5.92 Å². The molecule has 1 saturated carbocycles. The van der Waals surface area contributed by atoms with E-state index in [4.69, 9.17) is 4.74 Å². The van der Waals surface area contributed by atoms with Gasteiger partial charge in [-0.05, 0) is 55.7 Å². The van der Waals surface area contributed by atoms with Crippen molar-refractivity contribution in [1.29, 1.82) is 0 Å². The number of amides is 3. The highest BCUT2D eigenvalue weighted by Crippen LogP contribution is 2.31. The van der Waals surface area contributed by atoms with E-state index in [9.17, 15) is 14.4 Å². The van der Waals surface area contributed by atoms with Crippen LogP contribution in [0.25, 0.3) is 0 Å². The molecular weight excluding hydrogens is 396 g/mol. The van der Waals surface area contributed by atoms with Gasteiger partial charge >= 0.3 is 0 Å². The molecule has 0 spiro atoms. The van der Waals surface area contributed by atoms with Crippen LogP contribution in [0.15, 0.2) is 42.5 Å². The van der Waals surface area contributed by atoms with E-state index in [1.165, 1.54) is 0 Å². The molecule has 2 aromatic carbocycles. The Morgan fingerprint density at radius 2 is 1.74 bits per heavy atom. The standard InChI is InChI=1S/C23H28N4O4/c1-15-19(7-4-8-20(15)27-23(30)16-9-10-16)26-21(28)14-25-18-6-3-5-17(13-18)22(29)24-11-12-31-2/h3-8,13,16,25H,9-12,14H2,1-2H3,(H,24,29)(H,26,28)(H,27,30). The average molecular weight is 425 g/mol. The van der Waals surface area contributed by atoms with Crippen LogP contribution < -0.4 is 21.3 Å². The lowest BCUT2D eigenvalue weighted by Gasteiger charge is -2.14. The summed E-state index contributed by atoms with van der Waals surface area (Å²) in [6, 6.07) is 12.4. The van der Waals surface area contributed by atoms with Crippen molar-refractivity contribution < 1.29 is 19.1 Å². The Kier molecular flexibility index (Phi) is 7.61. The Morgan fingerprint density at radius 3 is 2.45 bits per heavy atom. The van der Waals surface area contributed by atoms with Gasteiger partial charge in [-0.3, -0.25) is 14.4 Å². The van der Waals surface area contributed by atoms with Crippen LogP contribution in [0.3, 0.4) is 0 Å². The van der Waals surface area contributed by atoms with Crippen LogP contribution >= 0.6 is 0 Å². The van der Waals surface area contributed by atoms with E-state index in [1.807, 2.05) is 13.0 Å². The van der Waals surface area contributed by atoms with Crippen molar-refractivity contribution in [2.75, 3.05) is 42.8 Å². The summed E-state index contributed by atoms with van der Waals surface area (Å²) >= 11 is 0. The molecule has 0 aliphatic heterocycles. The number of hydrogen-bond donors (Lipinski definition) is 4. The predicted molar refractivity (Wildman–Crippen MR) is 120 cm³/mol. The maximum Gasteiger partial charge on any atom is 0.251 e. The van der Waals surface area contributed by atoms with Gasteiger partial charge in [-0.15, -0.1) is 0 Å². The quantitative estimate of drug-likeness (QED) is 0.439. The van der Waals surface area contributed by atoms with Crippen molar-refractivity contribution in [1.82, 2.24) is 5.32 Å². The number of nitrogens with one attached hydrogen (secondary N) is 4. The van der Waals surface area contributed by atoms with Crippen molar-refractivity contribution in [3.05, 3.63) is 53.6 Å². The first-order chi connectivity index (χ1) is 15.0. The second kappa shape index (κ2) is 10.6. The Labute approximate surface area is 181 Å². The molecular formula is C23H28N4O4. The van der Waals surface area contributed by atoms with E-state index >= 15 is 0 Å². The van der Waals surface area contributed by atoms with E-state index in [2.05, 4.69) is 21.3 Å². The van der Waals surface area contributed by atoms with Gasteiger partial charge in [-0.1, -0.05) is 12.1 Å². The lowest BCUT2D eigenvalue weighted by atomic mass is 10.1. The van der Waals surface area contributed by atoms with Crippen molar-refractivity contribution in [2.45, 2.75) is 19.8 Å². The van der Waals surface area contributed by atoms with Gasteiger partial charge in [-0.2, -0.15) is 0 Å². The highest BCUT2D eigenvalue weighted by Gasteiger charge is 2.29. The summed E-state index contributed by atoms with van der Waals surface area (Å²) < 4.78 is 4.92. The summed E-state index contributed by atoms with van der Waals surface area (Å²) in [7, 11) is 1.57. The zero-order valence-electron chi connectivity index (χ0n) is 17.8. The smallest absolute Gasteiger partial charge is 0.251 e. The van der Waals surface area contributed by atoms with Gasteiger partial charge < -0.3 is 26.0 Å². The summed E-state index contributed by atoms with van der Waals surface area (Å²) in [5.41, 5.74) is 3.31. The maximum absolute atomic E-state index is 12.4. The zero-order valence-corrected chi connectivity index (χ0v) is 17.8. The van der Waals surface area contributed by atoms with Crippen LogP contribution in [0.2, 0.25) is 0 Å². The summed E-state index contributed by atoms with van der Waals surface area (Å²) in [4.78, 5) is 36.6. The second-order valence-electron chi connectivity index (χ2n) is 7.47. The Hall–Kier alpha value is -3.39. The molecule has 3 rings (SSSR count). The van der Waals surface area contributed by atoms with Gasteiger partial charge in [0.25, 0.3) is 5.91 Å². The molecule has 0 atom stereocenters. The molecule has 4 N–H and O–H groups in total. The van der Waals surface area contributed by atoms with E-state index in [0.717, 1.165) is 18.4 Å². The number of hydrogen-bond acceptors (Lipinski definition) is 5. The van der Waals surface area contributed by atoms with E-state index in [-0.39, 0.29) is 30.2 Å². The Morgan fingerprint density at radius 1 is 1.03 bits per heavy atom. The van der Waals surface area contributed by atoms with E-state index in [0.29, 0.717) is 35.8 Å². The molecule has 0 saturated heterocycles. The molecule has 2 aromatic rings. The zero-order chi connectivity index (χ0) is 22.2. The molecule has 1 aliphatic carbocycles. The van der Waals surface area contributed by atoms with Crippen LogP contribution in [0.5, 0.6) is 0 Å². The predicted octanol–water partition coefficient (Wildman–Crippen LogP) is 2.77. The maximum atomic E-state index is 12.4. The van der Waals surface area contributed by atoms with Crippen molar-refractivity contribution >= 4 is 34.8 Å². The molecule has 1 fully saturated rings. The van der Waals surface area contributed by atoms with Gasteiger partial charge in [0.15, 0.2) is 0 Å². The number of benzene rings is 2. The number of rotatable bonds is 10. The molecule has 1 aliphatic rings. The first-order valence-corrected chi connectivity index (χ1v) is 10.3. The fourth-order valence-electron chi connectivity index (χ4n) is 3.00. The second-order valence-corrected chi connectivity index (χ2v) is 7.47. The van der Waals surface area contributed by atoms with Gasteiger partial charge in [0.1, 0.15) is 0 Å². The van der Waals surface area contributed by atoms with Crippen LogP contribution in [0.1, 0.15) is 28.8 Å². The lowest BCUT2D eigenvalue weighted by Crippen LogP contribution is -2.27. The minimum Gasteiger partial charge on any atom is -0.383 e. The van der Waals surface area contributed by atoms with E-state index in [1.54, 1.807) is 43.5 Å². The van der Waals surface area contributed by atoms with Crippen LogP contribution in [0.4, 0.5) is 17.1 Å². The number of ether oxygens (including phenoxy) is 1. The molecule has 31 heavy (non-hydrogen) atoms. The molecule has 164 valence electrons. The SMILES string of the molecule is COCCNC(=O)c1cccc(NCC(=O)Nc2cccc(NC(=O)C3CC3)c2C)c1. The molecule has 0 radical (unpaired) electrons. The minimum atomic E-state index is -0.233. The Balaban J connectivity index is 1.54. The third kappa shape index (κ3) is 6.55. The van der Waals surface area contributed by atoms with Crippen LogP contribution in [-0.4, -0.2) is 44.5 Å². The van der Waals surface area contributed by atoms with Crippen molar-refractivity contribution in [3.8, 4) is 0 Å². The third-order valence-electron chi connectivity index (χ3n) is 4.98. The van der Waals surface area contributed by atoms with E-state index < -0.39 is 0 Å². The molecule has 3 amide bonds. The van der Waals surface area contributed by atoms with Crippen LogP contribution in [-0.2, 0) is 14.3 Å². The summed E-state index contributed by atoms with van der Waals surface area (Å²) in [5, 5.41) is 11.6. The fraction of sp³-hybridized carbons (Fsp3) is 0.348. The monoisotopic (exact) mass is 424 g/mol. The summed E-state index contributed by atoms with van der Waals surface area (Å²) in [6.07, 6.45) is 1.87. The normalized spacial score (nSPS) is 12.7. The molecule has 0 aromatic heterocycles. The highest BCUT2D eigenvalue weighted by atomic mass is 16.5. The molecule has 8 heteroatoms. The highest BCUT2D eigenvalue weighted by molar-refractivity contribution is 5.99.